The lowest BCUT2D eigenvalue weighted by Crippen LogP contribution is -2.44. The maximum Gasteiger partial charge on any atom is 0.494 e. The zero-order valence-corrected chi connectivity index (χ0v) is 21.5. The van der Waals surface area contributed by atoms with Crippen LogP contribution in [0.1, 0.15) is 85.4 Å². The monoisotopic (exact) mass is 467 g/mol. The van der Waals surface area contributed by atoms with Crippen molar-refractivity contribution in [2.75, 3.05) is 13.2 Å². The van der Waals surface area contributed by atoms with Crippen molar-refractivity contribution in [3.63, 3.8) is 0 Å². The van der Waals surface area contributed by atoms with Gasteiger partial charge >= 0.3 is 19.2 Å². The predicted octanol–water partition coefficient (Wildman–Crippen LogP) is 4.59. The number of ether oxygens (including phenoxy) is 2. The fraction of sp³-hybridized carbons (Fsp3) is 0.667. The Labute approximate surface area is 197 Å². The Morgan fingerprint density at radius 1 is 1.09 bits per heavy atom. The summed E-state index contributed by atoms with van der Waals surface area (Å²) in [5.74, 6) is -1.10. The van der Waals surface area contributed by atoms with Crippen LogP contribution in [0, 0.1) is 12.7 Å². The lowest BCUT2D eigenvalue weighted by atomic mass is 9.75. The Bertz CT molecular complexity index is 809. The summed E-state index contributed by atoms with van der Waals surface area (Å²) >= 11 is 0. The molecule has 1 amide bonds. The molecule has 7 nitrogen and oxygen atoms in total. The summed E-state index contributed by atoms with van der Waals surface area (Å²) in [6, 6.07) is 2.22. The van der Waals surface area contributed by atoms with Crippen molar-refractivity contribution in [1.82, 2.24) is 5.32 Å². The summed E-state index contributed by atoms with van der Waals surface area (Å²) in [6.45, 7) is 16.8. The molecule has 0 aliphatic carbocycles. The van der Waals surface area contributed by atoms with Crippen LogP contribution in [-0.4, -0.2) is 43.6 Å². The third-order valence-corrected chi connectivity index (χ3v) is 4.92. The van der Waals surface area contributed by atoms with E-state index in [2.05, 4.69) is 5.32 Å². The molecule has 0 heterocycles. The van der Waals surface area contributed by atoms with E-state index >= 15 is 4.39 Å². The standard InChI is InChI=1S/C24H39BFNO6/c1-10-24(8,9)33-25(31-12-3)17-13-16(4)21(26)18(14-17)19(15-20(28)30-11-2)27-22(29)32-23(5,6)7/h13-14,19H,10-12,15H2,1-9H3,(H,27,29)/t19-/m0/s1. The number of nitrogens with one attached hydrogen (secondary N) is 1. The Balaban J connectivity index is 3.44. The van der Waals surface area contributed by atoms with E-state index in [9.17, 15) is 9.59 Å². The summed E-state index contributed by atoms with van der Waals surface area (Å²) in [6.07, 6.45) is -0.271. The Morgan fingerprint density at radius 3 is 2.24 bits per heavy atom. The molecule has 9 heteroatoms. The molecule has 0 saturated heterocycles. The van der Waals surface area contributed by atoms with E-state index in [4.69, 9.17) is 18.8 Å². The number of aryl methyl sites for hydroxylation is 1. The van der Waals surface area contributed by atoms with Gasteiger partial charge in [0.2, 0.25) is 0 Å². The highest BCUT2D eigenvalue weighted by Gasteiger charge is 2.32. The van der Waals surface area contributed by atoms with E-state index in [1.54, 1.807) is 46.8 Å². The van der Waals surface area contributed by atoms with Crippen LogP contribution in [-0.2, 0) is 23.6 Å². The van der Waals surface area contributed by atoms with E-state index in [1.165, 1.54) is 0 Å². The number of rotatable bonds is 11. The molecule has 0 saturated carbocycles. The van der Waals surface area contributed by atoms with Crippen molar-refractivity contribution in [3.8, 4) is 0 Å². The summed E-state index contributed by atoms with van der Waals surface area (Å²) in [5, 5.41) is 2.62. The van der Waals surface area contributed by atoms with Gasteiger partial charge in [-0.15, -0.1) is 0 Å². The third-order valence-electron chi connectivity index (χ3n) is 4.92. The van der Waals surface area contributed by atoms with Crippen LogP contribution in [0.5, 0.6) is 0 Å². The fourth-order valence-corrected chi connectivity index (χ4v) is 3.01. The van der Waals surface area contributed by atoms with E-state index in [1.807, 2.05) is 27.7 Å². The fourth-order valence-electron chi connectivity index (χ4n) is 3.01. The summed E-state index contributed by atoms with van der Waals surface area (Å²) in [4.78, 5) is 24.7. The number of carbonyl (C=O) groups is 2. The van der Waals surface area contributed by atoms with Crippen LogP contribution < -0.4 is 10.8 Å². The van der Waals surface area contributed by atoms with Crippen molar-refractivity contribution in [2.45, 2.75) is 92.4 Å². The number of alkyl carbamates (subject to hydrolysis) is 1. The first-order valence-corrected chi connectivity index (χ1v) is 11.5. The van der Waals surface area contributed by atoms with Gasteiger partial charge in [0.1, 0.15) is 11.4 Å². The second-order valence-electron chi connectivity index (χ2n) is 9.47. The molecule has 0 bridgehead atoms. The molecule has 1 N–H and O–H groups in total. The number of hydrogen-bond acceptors (Lipinski definition) is 6. The zero-order chi connectivity index (χ0) is 25.4. The number of amides is 1. The van der Waals surface area contributed by atoms with Crippen LogP contribution in [0.4, 0.5) is 9.18 Å². The van der Waals surface area contributed by atoms with Crippen molar-refractivity contribution >= 4 is 24.6 Å². The molecule has 0 aromatic heterocycles. The van der Waals surface area contributed by atoms with Crippen LogP contribution >= 0.6 is 0 Å². The van der Waals surface area contributed by atoms with E-state index < -0.39 is 42.2 Å². The number of hydrogen-bond donors (Lipinski definition) is 1. The number of benzene rings is 1. The molecular weight excluding hydrogens is 428 g/mol. The molecule has 0 fully saturated rings. The largest absolute Gasteiger partial charge is 0.494 e. The van der Waals surface area contributed by atoms with Crippen LogP contribution in [0.2, 0.25) is 0 Å². The Morgan fingerprint density at radius 2 is 1.73 bits per heavy atom. The van der Waals surface area contributed by atoms with Crippen molar-refractivity contribution in [1.29, 1.82) is 0 Å². The van der Waals surface area contributed by atoms with Gasteiger partial charge in [0.15, 0.2) is 0 Å². The third kappa shape index (κ3) is 9.72. The predicted molar refractivity (Wildman–Crippen MR) is 127 cm³/mol. The minimum atomic E-state index is -1.00. The van der Waals surface area contributed by atoms with Gasteiger partial charge in [0, 0.05) is 17.8 Å². The average molecular weight is 467 g/mol. The van der Waals surface area contributed by atoms with Gasteiger partial charge < -0.3 is 24.1 Å². The van der Waals surface area contributed by atoms with Gasteiger partial charge in [-0.05, 0) is 72.8 Å². The number of esters is 1. The van der Waals surface area contributed by atoms with Gasteiger partial charge in [0.25, 0.3) is 0 Å². The molecule has 33 heavy (non-hydrogen) atoms. The lowest BCUT2D eigenvalue weighted by molar-refractivity contribution is -0.143. The highest BCUT2D eigenvalue weighted by Crippen LogP contribution is 2.24. The Kier molecular flexibility index (Phi) is 10.8. The molecule has 1 aromatic rings. The topological polar surface area (TPSA) is 83.1 Å². The van der Waals surface area contributed by atoms with E-state index in [0.29, 0.717) is 17.6 Å². The maximum absolute atomic E-state index is 15.3. The molecule has 0 spiro atoms. The first-order valence-electron chi connectivity index (χ1n) is 11.5. The van der Waals surface area contributed by atoms with Gasteiger partial charge in [-0.2, -0.15) is 0 Å². The highest BCUT2D eigenvalue weighted by molar-refractivity contribution is 6.61. The minimum absolute atomic E-state index is 0.131. The van der Waals surface area contributed by atoms with Crippen LogP contribution in [0.25, 0.3) is 0 Å². The summed E-state index contributed by atoms with van der Waals surface area (Å²) < 4.78 is 37.6. The number of halogens is 1. The summed E-state index contributed by atoms with van der Waals surface area (Å²) in [5.41, 5.74) is -0.167. The summed E-state index contributed by atoms with van der Waals surface area (Å²) in [7, 11) is -0.743. The zero-order valence-electron chi connectivity index (χ0n) is 21.5. The highest BCUT2D eigenvalue weighted by atomic mass is 19.1. The van der Waals surface area contributed by atoms with Gasteiger partial charge in [-0.25, -0.2) is 9.18 Å². The van der Waals surface area contributed by atoms with E-state index in [-0.39, 0.29) is 18.6 Å². The SMILES string of the molecule is CCOB(OC(C)(C)CC)c1cc(C)c(F)c([C@H](CC(=O)OCC)NC(=O)OC(C)(C)C)c1. The second kappa shape index (κ2) is 12.4. The van der Waals surface area contributed by atoms with Gasteiger partial charge in [-0.3, -0.25) is 4.79 Å². The molecule has 1 rings (SSSR count). The second-order valence-corrected chi connectivity index (χ2v) is 9.47. The molecule has 0 unspecified atom stereocenters. The van der Waals surface area contributed by atoms with E-state index in [0.717, 1.165) is 6.42 Å². The first-order chi connectivity index (χ1) is 15.2. The van der Waals surface area contributed by atoms with Crippen molar-refractivity contribution in [3.05, 3.63) is 29.1 Å². The number of carbonyl (C=O) groups excluding carboxylic acids is 2. The Hall–Kier alpha value is -2.13. The molecule has 186 valence electrons. The lowest BCUT2D eigenvalue weighted by Gasteiger charge is -2.29. The molecule has 1 atom stereocenters. The van der Waals surface area contributed by atoms with Crippen LogP contribution in [0.15, 0.2) is 12.1 Å². The molecule has 0 radical (unpaired) electrons. The van der Waals surface area contributed by atoms with Crippen molar-refractivity contribution in [2.24, 2.45) is 0 Å². The van der Waals surface area contributed by atoms with Gasteiger partial charge in [-0.1, -0.05) is 19.1 Å². The maximum atomic E-state index is 15.3. The normalized spacial score (nSPS) is 12.8. The first kappa shape index (κ1) is 28.9. The minimum Gasteiger partial charge on any atom is -0.466 e. The van der Waals surface area contributed by atoms with Gasteiger partial charge in [0.05, 0.1) is 19.1 Å². The average Bonchev–Trinajstić information content (AvgIpc) is 2.67. The van der Waals surface area contributed by atoms with Crippen molar-refractivity contribution < 1.29 is 32.8 Å². The quantitative estimate of drug-likeness (QED) is 0.379. The smallest absolute Gasteiger partial charge is 0.466 e. The molecule has 0 aliphatic heterocycles. The molecule has 0 aliphatic rings. The molecule has 1 aromatic carbocycles. The molecular formula is C24H39BFNO6. The van der Waals surface area contributed by atoms with Crippen LogP contribution in [0.3, 0.4) is 0 Å².